The van der Waals surface area contributed by atoms with Gasteiger partial charge in [0.25, 0.3) is 15.0 Å². The first-order valence-corrected chi connectivity index (χ1v) is 16.6. The lowest BCUT2D eigenvalue weighted by Crippen LogP contribution is -2.34. The molecule has 234 valence electrons. The van der Waals surface area contributed by atoms with Gasteiger partial charge in [0.1, 0.15) is 41.8 Å². The summed E-state index contributed by atoms with van der Waals surface area (Å²) in [5.41, 5.74) is 12.8. The van der Waals surface area contributed by atoms with Crippen molar-refractivity contribution in [2.24, 2.45) is 0 Å². The van der Waals surface area contributed by atoms with Crippen LogP contribution in [0.3, 0.4) is 0 Å². The fourth-order valence-corrected chi connectivity index (χ4v) is 7.45. The van der Waals surface area contributed by atoms with Crippen molar-refractivity contribution >= 4 is 56.7 Å². The van der Waals surface area contributed by atoms with Gasteiger partial charge in [-0.25, -0.2) is 38.3 Å². The minimum absolute atomic E-state index is 0.0402. The smallest absolute Gasteiger partial charge is 0.397 e. The first-order valence-electron chi connectivity index (χ1n) is 13.1. The topological polar surface area (TPSA) is 236 Å². The van der Waals surface area contributed by atoms with Gasteiger partial charge >= 0.3 is 7.82 Å². The minimum atomic E-state index is -5.09. The molecule has 5 N–H and O–H groups in total. The van der Waals surface area contributed by atoms with Crippen molar-refractivity contribution in [2.75, 3.05) is 24.7 Å². The van der Waals surface area contributed by atoms with E-state index in [4.69, 9.17) is 39.0 Å². The van der Waals surface area contributed by atoms with Crippen LogP contribution in [0.15, 0.2) is 31.2 Å². The van der Waals surface area contributed by atoms with Crippen LogP contribution in [0.4, 0.5) is 20.3 Å². The van der Waals surface area contributed by atoms with Crippen LogP contribution >= 0.6 is 15.3 Å². The summed E-state index contributed by atoms with van der Waals surface area (Å²) < 4.78 is 93.8. The number of phosphoric ester groups is 1. The van der Waals surface area contributed by atoms with Crippen LogP contribution in [0.1, 0.15) is 12.5 Å². The molecule has 18 nitrogen and oxygen atoms in total. The number of alkyl halides is 2. The second kappa shape index (κ2) is 10.7. The van der Waals surface area contributed by atoms with Gasteiger partial charge in [-0.05, 0) is 6.07 Å². The molecule has 3 aliphatic rings. The summed E-state index contributed by atoms with van der Waals surface area (Å²) in [6, 6.07) is 1.51. The molecular formula is C21H24BF2N9O9P2. The third-order valence-corrected chi connectivity index (χ3v) is 9.63. The SMILES string of the molecule is BP1(=O)OC[C@H]2O[C@@H](n3cnc4c(N)ccnc43)[C@H](OP(=O)(O)OC[C@H]3O[C@@H](n4cnc5c(N)ncnc54)[C@H](F)[C@@H]3O1)[C@@H]2F. The highest BCUT2D eigenvalue weighted by Gasteiger charge is 2.54. The van der Waals surface area contributed by atoms with Crippen molar-refractivity contribution in [2.45, 2.75) is 49.2 Å². The van der Waals surface area contributed by atoms with Crippen LogP contribution in [0.25, 0.3) is 22.3 Å². The number of pyridine rings is 1. The van der Waals surface area contributed by atoms with Crippen molar-refractivity contribution < 1.29 is 50.4 Å². The highest BCUT2D eigenvalue weighted by Crippen LogP contribution is 2.54. The zero-order chi connectivity index (χ0) is 31.0. The number of rotatable bonds is 2. The van der Waals surface area contributed by atoms with Crippen LogP contribution < -0.4 is 11.5 Å². The maximum atomic E-state index is 16.0. The van der Waals surface area contributed by atoms with Crippen LogP contribution in [0.5, 0.6) is 0 Å². The highest BCUT2D eigenvalue weighted by atomic mass is 31.2. The molecule has 0 spiro atoms. The normalized spacial score (nSPS) is 38.2. The number of halogens is 2. The number of anilines is 2. The molecule has 0 saturated carbocycles. The molecule has 4 aromatic rings. The summed E-state index contributed by atoms with van der Waals surface area (Å²) in [5.74, 6) is 0.0402. The average molecular weight is 657 g/mol. The Morgan fingerprint density at radius 2 is 1.55 bits per heavy atom. The van der Waals surface area contributed by atoms with E-state index in [-0.39, 0.29) is 33.8 Å². The number of nitrogen functional groups attached to an aromatic ring is 2. The summed E-state index contributed by atoms with van der Waals surface area (Å²) in [6.07, 6.45) is -8.31. The van der Waals surface area contributed by atoms with Crippen molar-refractivity contribution in [1.82, 2.24) is 34.1 Å². The van der Waals surface area contributed by atoms with Crippen molar-refractivity contribution in [3.8, 4) is 0 Å². The van der Waals surface area contributed by atoms with Crippen molar-refractivity contribution in [3.63, 3.8) is 0 Å². The molecule has 0 radical (unpaired) electrons. The molecule has 3 aliphatic heterocycles. The van der Waals surface area contributed by atoms with E-state index in [1.165, 1.54) is 34.1 Å². The quantitative estimate of drug-likeness (QED) is 0.197. The molecule has 0 aliphatic carbocycles. The van der Waals surface area contributed by atoms with Gasteiger partial charge in [-0.1, -0.05) is 0 Å². The molecule has 2 unspecified atom stereocenters. The van der Waals surface area contributed by atoms with Crippen molar-refractivity contribution in [3.05, 3.63) is 31.2 Å². The molecule has 3 saturated heterocycles. The zero-order valence-corrected chi connectivity index (χ0v) is 24.4. The summed E-state index contributed by atoms with van der Waals surface area (Å²) in [5, 5.41) is 0. The Morgan fingerprint density at radius 1 is 0.864 bits per heavy atom. The predicted molar refractivity (Wildman–Crippen MR) is 147 cm³/mol. The monoisotopic (exact) mass is 657 g/mol. The number of fused-ring (bicyclic) bond motifs is 5. The molecular weight excluding hydrogens is 633 g/mol. The van der Waals surface area contributed by atoms with E-state index in [2.05, 4.69) is 24.9 Å². The van der Waals surface area contributed by atoms with E-state index in [9.17, 15) is 14.0 Å². The van der Waals surface area contributed by atoms with Crippen LogP contribution in [-0.2, 0) is 36.7 Å². The van der Waals surface area contributed by atoms with E-state index in [1.54, 1.807) is 0 Å². The Bertz CT molecular complexity index is 1840. The lowest BCUT2D eigenvalue weighted by Gasteiger charge is -2.26. The number of nitrogens with two attached hydrogens (primary N) is 2. The summed E-state index contributed by atoms with van der Waals surface area (Å²) >= 11 is 0. The van der Waals surface area contributed by atoms with E-state index in [1.807, 2.05) is 0 Å². The molecule has 7 rings (SSSR count). The van der Waals surface area contributed by atoms with Gasteiger partial charge in [-0.2, -0.15) is 0 Å². The molecule has 23 heteroatoms. The van der Waals surface area contributed by atoms with E-state index < -0.39 is 77.7 Å². The fourth-order valence-electron chi connectivity index (χ4n) is 5.35. The number of hydrogen-bond acceptors (Lipinski definition) is 15. The number of imidazole rings is 2. The van der Waals surface area contributed by atoms with Gasteiger partial charge in [0, 0.05) is 6.20 Å². The Morgan fingerprint density at radius 3 is 2.34 bits per heavy atom. The predicted octanol–water partition coefficient (Wildman–Crippen LogP) is 0.565. The van der Waals surface area contributed by atoms with Gasteiger partial charge in [0.2, 0.25) is 0 Å². The van der Waals surface area contributed by atoms with E-state index in [0.717, 1.165) is 13.9 Å². The number of ether oxygens (including phenoxy) is 2. The average Bonchev–Trinajstić information content (AvgIpc) is 3.73. The van der Waals surface area contributed by atoms with Gasteiger partial charge in [-0.15, -0.1) is 0 Å². The summed E-state index contributed by atoms with van der Waals surface area (Å²) in [7, 11) is -8.18. The third-order valence-electron chi connectivity index (χ3n) is 7.40. The molecule has 0 aromatic carbocycles. The summed E-state index contributed by atoms with van der Waals surface area (Å²) in [4.78, 5) is 31.0. The van der Waals surface area contributed by atoms with E-state index in [0.29, 0.717) is 0 Å². The minimum Gasteiger partial charge on any atom is -0.397 e. The molecule has 7 heterocycles. The second-order valence-electron chi connectivity index (χ2n) is 10.3. The van der Waals surface area contributed by atoms with Gasteiger partial charge in [0.15, 0.2) is 41.9 Å². The Kier molecular flexibility index (Phi) is 7.23. The van der Waals surface area contributed by atoms with Gasteiger partial charge in [-0.3, -0.25) is 22.7 Å². The fraction of sp³-hybridized carbons (Fsp3) is 0.476. The number of aromatic nitrogens is 7. The van der Waals surface area contributed by atoms with Crippen molar-refractivity contribution in [1.29, 1.82) is 0 Å². The second-order valence-corrected chi connectivity index (χ2v) is 13.7. The number of phosphoric acid groups is 1. The maximum Gasteiger partial charge on any atom is 0.472 e. The van der Waals surface area contributed by atoms with E-state index >= 15 is 8.78 Å². The first kappa shape index (κ1) is 29.6. The standard InChI is InChI=1S/C21H24BF2N9O9P2/c22-43(34)37-3-9-11(23)16(21(39-9)33-6-30-13-8(25)1-2-27-18(13)33)42-44(35,36)38-4-10-15(41-43)12(24)20(40-10)32-7-31-14-17(26)28-5-29-19(14)32/h1-2,5-7,9-12,15-16,20-21H,3-4,22H2,(H2,25,27)(H,35,36)(H2,26,28,29)/t9-,10-,11-,12-,15-,16-,20-,21-,43?/m1/s1. The Hall–Kier alpha value is -3.13. The highest BCUT2D eigenvalue weighted by molar-refractivity contribution is 7.79. The maximum absolute atomic E-state index is 16.0. The zero-order valence-electron chi connectivity index (χ0n) is 22.6. The lowest BCUT2D eigenvalue weighted by atomic mass is 10.1. The van der Waals surface area contributed by atoms with Crippen LogP contribution in [0.2, 0.25) is 0 Å². The molecule has 44 heavy (non-hydrogen) atoms. The van der Waals surface area contributed by atoms with Crippen LogP contribution in [-0.4, -0.2) is 96.5 Å². The first-order chi connectivity index (χ1) is 20.9. The number of hydrogen-bond donors (Lipinski definition) is 3. The summed E-state index contributed by atoms with van der Waals surface area (Å²) in [6.45, 7) is -1.46. The lowest BCUT2D eigenvalue weighted by molar-refractivity contribution is -0.0630. The largest absolute Gasteiger partial charge is 0.472 e. The van der Waals surface area contributed by atoms with Crippen LogP contribution in [0, 0.1) is 0 Å². The van der Waals surface area contributed by atoms with Gasteiger partial charge < -0.3 is 34.9 Å². The molecule has 2 bridgehead atoms. The van der Waals surface area contributed by atoms with Gasteiger partial charge in [0.05, 0.1) is 31.6 Å². The Labute approximate surface area is 246 Å². The number of nitrogens with zero attached hydrogens (tertiary/aromatic N) is 7. The molecule has 10 atom stereocenters. The third kappa shape index (κ3) is 5.07. The molecule has 4 aromatic heterocycles. The molecule has 0 amide bonds. The Balaban J connectivity index is 1.20. The molecule has 3 fully saturated rings.